The van der Waals surface area contributed by atoms with Gasteiger partial charge in [-0.05, 0) is 37.6 Å². The topological polar surface area (TPSA) is 55.8 Å². The van der Waals surface area contributed by atoms with Crippen LogP contribution in [-0.4, -0.2) is 43.6 Å². The maximum atomic E-state index is 12.3. The molecule has 0 atom stereocenters. The highest BCUT2D eigenvalue weighted by Gasteiger charge is 2.17. The van der Waals surface area contributed by atoms with Gasteiger partial charge in [0.15, 0.2) is 0 Å². The van der Waals surface area contributed by atoms with Gasteiger partial charge in [0.2, 0.25) is 0 Å². The molecular formula is C16H23NO4. The summed E-state index contributed by atoms with van der Waals surface area (Å²) in [7, 11) is 1.31. The summed E-state index contributed by atoms with van der Waals surface area (Å²) in [5.41, 5.74) is 0.531. The number of carbonyl (C=O) groups is 2. The van der Waals surface area contributed by atoms with Crippen molar-refractivity contribution in [1.29, 1.82) is 0 Å². The molecule has 0 heterocycles. The van der Waals surface area contributed by atoms with Crippen LogP contribution in [0.3, 0.4) is 0 Å². The standard InChI is InChI=1S/C16H23NO4/c1-4-6-11-21-14-9-7-13(8-10-14)16(19)17(5-2)12-15(18)20-3/h7-10H,4-6,11-12H2,1-3H3. The lowest BCUT2D eigenvalue weighted by Gasteiger charge is -2.19. The molecule has 0 aliphatic heterocycles. The quantitative estimate of drug-likeness (QED) is 0.546. The van der Waals surface area contributed by atoms with Crippen molar-refractivity contribution in [3.8, 4) is 5.75 Å². The van der Waals surface area contributed by atoms with Gasteiger partial charge in [0.1, 0.15) is 12.3 Å². The van der Waals surface area contributed by atoms with E-state index in [2.05, 4.69) is 11.7 Å². The van der Waals surface area contributed by atoms with Crippen molar-refractivity contribution >= 4 is 11.9 Å². The third-order valence-electron chi connectivity index (χ3n) is 3.08. The van der Waals surface area contributed by atoms with Crippen molar-refractivity contribution < 1.29 is 19.1 Å². The Bertz CT molecular complexity index is 456. The number of rotatable bonds is 8. The van der Waals surface area contributed by atoms with Gasteiger partial charge in [0, 0.05) is 12.1 Å². The Morgan fingerprint density at radius 1 is 1.14 bits per heavy atom. The summed E-state index contributed by atoms with van der Waals surface area (Å²) in [4.78, 5) is 25.0. The molecule has 0 aromatic heterocycles. The lowest BCUT2D eigenvalue weighted by atomic mass is 10.2. The normalized spacial score (nSPS) is 10.0. The first-order chi connectivity index (χ1) is 10.1. The summed E-state index contributed by atoms with van der Waals surface area (Å²) < 4.78 is 10.1. The number of benzene rings is 1. The number of hydrogen-bond donors (Lipinski definition) is 0. The van der Waals surface area contributed by atoms with Crippen molar-refractivity contribution in [3.05, 3.63) is 29.8 Å². The summed E-state index contributed by atoms with van der Waals surface area (Å²) in [6.45, 7) is 5.01. The Balaban J connectivity index is 2.66. The molecule has 5 heteroatoms. The number of ether oxygens (including phenoxy) is 2. The number of methoxy groups -OCH3 is 1. The molecule has 5 nitrogen and oxygen atoms in total. The summed E-state index contributed by atoms with van der Waals surface area (Å²) in [5, 5.41) is 0. The van der Waals surface area contributed by atoms with Crippen LogP contribution in [0.25, 0.3) is 0 Å². The minimum absolute atomic E-state index is 0.0411. The Hall–Kier alpha value is -2.04. The van der Waals surface area contributed by atoms with Crippen LogP contribution in [0, 0.1) is 0 Å². The van der Waals surface area contributed by atoms with Crippen LogP contribution in [0.15, 0.2) is 24.3 Å². The fourth-order valence-corrected chi connectivity index (χ4v) is 1.76. The lowest BCUT2D eigenvalue weighted by molar-refractivity contribution is -0.141. The fraction of sp³-hybridized carbons (Fsp3) is 0.500. The second-order valence-electron chi connectivity index (χ2n) is 4.62. The molecule has 1 rings (SSSR count). The highest BCUT2D eigenvalue weighted by molar-refractivity contribution is 5.96. The predicted octanol–water partition coefficient (Wildman–Crippen LogP) is 2.50. The molecule has 1 amide bonds. The molecule has 1 aromatic rings. The summed E-state index contributed by atoms with van der Waals surface area (Å²) in [6.07, 6.45) is 2.08. The van der Waals surface area contributed by atoms with E-state index >= 15 is 0 Å². The third-order valence-corrected chi connectivity index (χ3v) is 3.08. The Kier molecular flexibility index (Phi) is 7.29. The Morgan fingerprint density at radius 3 is 2.33 bits per heavy atom. The molecule has 0 N–H and O–H groups in total. The van der Waals surface area contributed by atoms with Gasteiger partial charge in [0.05, 0.1) is 13.7 Å². The Labute approximate surface area is 125 Å². The van der Waals surface area contributed by atoms with Gasteiger partial charge in [0.25, 0.3) is 5.91 Å². The summed E-state index contributed by atoms with van der Waals surface area (Å²) >= 11 is 0. The fourth-order valence-electron chi connectivity index (χ4n) is 1.76. The molecule has 0 bridgehead atoms. The smallest absolute Gasteiger partial charge is 0.325 e. The highest BCUT2D eigenvalue weighted by atomic mass is 16.5. The van der Waals surface area contributed by atoms with Gasteiger partial charge >= 0.3 is 5.97 Å². The molecule has 116 valence electrons. The SMILES string of the molecule is CCCCOc1ccc(C(=O)N(CC)CC(=O)OC)cc1. The Morgan fingerprint density at radius 2 is 1.81 bits per heavy atom. The predicted molar refractivity (Wildman–Crippen MR) is 80.4 cm³/mol. The number of carbonyl (C=O) groups excluding carboxylic acids is 2. The molecular weight excluding hydrogens is 270 g/mol. The lowest BCUT2D eigenvalue weighted by Crippen LogP contribution is -2.36. The van der Waals surface area contributed by atoms with Gasteiger partial charge < -0.3 is 14.4 Å². The first-order valence-electron chi connectivity index (χ1n) is 7.21. The number of likely N-dealkylation sites (N-methyl/N-ethyl adjacent to an activating group) is 1. The molecule has 0 aliphatic carbocycles. The van der Waals surface area contributed by atoms with Crippen molar-refractivity contribution in [3.63, 3.8) is 0 Å². The molecule has 0 saturated heterocycles. The average molecular weight is 293 g/mol. The third kappa shape index (κ3) is 5.45. The van der Waals surface area contributed by atoms with E-state index < -0.39 is 5.97 Å². The second-order valence-corrected chi connectivity index (χ2v) is 4.62. The molecule has 0 radical (unpaired) electrons. The largest absolute Gasteiger partial charge is 0.494 e. The zero-order valence-corrected chi connectivity index (χ0v) is 12.9. The molecule has 0 fully saturated rings. The van der Waals surface area contributed by atoms with E-state index in [-0.39, 0.29) is 12.5 Å². The molecule has 1 aromatic carbocycles. The van der Waals surface area contributed by atoms with Crippen LogP contribution in [-0.2, 0) is 9.53 Å². The molecule has 21 heavy (non-hydrogen) atoms. The van der Waals surface area contributed by atoms with Crippen LogP contribution >= 0.6 is 0 Å². The van der Waals surface area contributed by atoms with Gasteiger partial charge in [-0.1, -0.05) is 13.3 Å². The molecule has 0 saturated carbocycles. The summed E-state index contributed by atoms with van der Waals surface area (Å²) in [6, 6.07) is 6.97. The molecule has 0 unspecified atom stereocenters. The maximum Gasteiger partial charge on any atom is 0.325 e. The van der Waals surface area contributed by atoms with Crippen LogP contribution in [0.1, 0.15) is 37.0 Å². The number of hydrogen-bond acceptors (Lipinski definition) is 4. The van der Waals surface area contributed by atoms with Gasteiger partial charge in [-0.2, -0.15) is 0 Å². The van der Waals surface area contributed by atoms with Crippen LogP contribution in [0.5, 0.6) is 5.75 Å². The van der Waals surface area contributed by atoms with E-state index in [4.69, 9.17) is 4.74 Å². The van der Waals surface area contributed by atoms with Crippen molar-refractivity contribution in [2.24, 2.45) is 0 Å². The maximum absolute atomic E-state index is 12.3. The van der Waals surface area contributed by atoms with Gasteiger partial charge in [-0.15, -0.1) is 0 Å². The molecule has 0 spiro atoms. The van der Waals surface area contributed by atoms with Crippen LogP contribution in [0.2, 0.25) is 0 Å². The van der Waals surface area contributed by atoms with Crippen LogP contribution < -0.4 is 4.74 Å². The van der Waals surface area contributed by atoms with E-state index in [1.54, 1.807) is 24.3 Å². The van der Waals surface area contributed by atoms with E-state index in [0.717, 1.165) is 18.6 Å². The summed E-state index contributed by atoms with van der Waals surface area (Å²) in [5.74, 6) is 0.128. The minimum atomic E-state index is -0.426. The minimum Gasteiger partial charge on any atom is -0.494 e. The van der Waals surface area contributed by atoms with Gasteiger partial charge in [-0.25, -0.2) is 0 Å². The van der Waals surface area contributed by atoms with E-state index in [9.17, 15) is 9.59 Å². The first kappa shape index (κ1) is 17.0. The number of nitrogens with zero attached hydrogens (tertiary/aromatic N) is 1. The zero-order valence-electron chi connectivity index (χ0n) is 12.9. The van der Waals surface area contributed by atoms with E-state index in [1.807, 2.05) is 6.92 Å². The van der Waals surface area contributed by atoms with Gasteiger partial charge in [-0.3, -0.25) is 9.59 Å². The zero-order chi connectivity index (χ0) is 15.7. The number of amides is 1. The van der Waals surface area contributed by atoms with E-state index in [1.165, 1.54) is 12.0 Å². The molecule has 0 aliphatic rings. The highest BCUT2D eigenvalue weighted by Crippen LogP contribution is 2.14. The average Bonchev–Trinajstić information content (AvgIpc) is 2.52. The monoisotopic (exact) mass is 293 g/mol. The number of unbranched alkanes of at least 4 members (excludes halogenated alkanes) is 1. The van der Waals surface area contributed by atoms with Crippen molar-refractivity contribution in [2.45, 2.75) is 26.7 Å². The van der Waals surface area contributed by atoms with E-state index in [0.29, 0.717) is 18.7 Å². The van der Waals surface area contributed by atoms with Crippen molar-refractivity contribution in [1.82, 2.24) is 4.90 Å². The van der Waals surface area contributed by atoms with Crippen LogP contribution in [0.4, 0.5) is 0 Å². The second kappa shape index (κ2) is 9.00. The van der Waals surface area contributed by atoms with Crippen molar-refractivity contribution in [2.75, 3.05) is 26.8 Å². The first-order valence-corrected chi connectivity index (χ1v) is 7.21. The number of esters is 1.